The van der Waals surface area contributed by atoms with E-state index in [9.17, 15) is 4.57 Å². The van der Waals surface area contributed by atoms with Crippen molar-refractivity contribution in [2.75, 3.05) is 13.2 Å². The normalized spacial score (nSPS) is 12.7. The summed E-state index contributed by atoms with van der Waals surface area (Å²) < 4.78 is 23.0. The molecule has 100 valence electrons. The van der Waals surface area contributed by atoms with Gasteiger partial charge in [-0.1, -0.05) is 37.3 Å². The molecule has 0 N–H and O–H groups in total. The van der Waals surface area contributed by atoms with Crippen LogP contribution in [-0.2, 0) is 13.6 Å². The van der Waals surface area contributed by atoms with E-state index in [4.69, 9.17) is 9.05 Å². The molecule has 0 unspecified atom stereocenters. The quantitative estimate of drug-likeness (QED) is 0.672. The number of hydrogen-bond donors (Lipinski definition) is 0. The van der Waals surface area contributed by atoms with Gasteiger partial charge in [0, 0.05) is 5.82 Å². The van der Waals surface area contributed by atoms with Gasteiger partial charge in [0.2, 0.25) is 0 Å². The lowest BCUT2D eigenvalue weighted by molar-refractivity contribution is 0.229. The zero-order chi connectivity index (χ0) is 13.4. The van der Waals surface area contributed by atoms with Crippen molar-refractivity contribution >= 4 is 13.2 Å². The summed E-state index contributed by atoms with van der Waals surface area (Å²) in [5, 5.41) is 0. The Hall–Kier alpha value is -0.890. The molecule has 0 spiro atoms. The van der Waals surface area contributed by atoms with Gasteiger partial charge in [-0.25, -0.2) is 0 Å². The monoisotopic (exact) mass is 268 g/mol. The van der Waals surface area contributed by atoms with Gasteiger partial charge in [-0.2, -0.15) is 0 Å². The van der Waals surface area contributed by atoms with Crippen LogP contribution in [0.1, 0.15) is 32.8 Å². The highest BCUT2D eigenvalue weighted by Crippen LogP contribution is 2.51. The molecule has 0 heterocycles. The molecule has 0 atom stereocenters. The molecule has 0 saturated heterocycles. The summed E-state index contributed by atoms with van der Waals surface area (Å²) in [7, 11) is -3.12. The lowest BCUT2D eigenvalue weighted by atomic mass is 10.1. The van der Waals surface area contributed by atoms with E-state index in [0.29, 0.717) is 13.2 Å². The van der Waals surface area contributed by atoms with Gasteiger partial charge in [-0.15, -0.1) is 0 Å². The zero-order valence-corrected chi connectivity index (χ0v) is 12.2. The predicted octanol–water partition coefficient (Wildman–Crippen LogP) is 4.70. The molecule has 0 amide bonds. The second-order valence-corrected chi connectivity index (χ2v) is 5.60. The van der Waals surface area contributed by atoms with Crippen LogP contribution in [0.15, 0.2) is 36.1 Å². The number of hydrogen-bond acceptors (Lipinski definition) is 3. The van der Waals surface area contributed by atoms with Crippen LogP contribution in [0.25, 0.3) is 5.57 Å². The maximum Gasteiger partial charge on any atom is 0.354 e. The van der Waals surface area contributed by atoms with Gasteiger partial charge in [0.1, 0.15) is 0 Å². The zero-order valence-electron chi connectivity index (χ0n) is 11.3. The third-order valence-electron chi connectivity index (χ3n) is 2.46. The molecule has 0 fully saturated rings. The summed E-state index contributed by atoms with van der Waals surface area (Å²) in [6.45, 7) is 6.40. The molecule has 1 rings (SSSR count). The fourth-order valence-electron chi connectivity index (χ4n) is 1.68. The second-order valence-electron chi connectivity index (χ2n) is 3.75. The lowest BCUT2D eigenvalue weighted by Crippen LogP contribution is -1.94. The average Bonchev–Trinajstić information content (AvgIpc) is 2.38. The van der Waals surface area contributed by atoms with E-state index in [-0.39, 0.29) is 0 Å². The van der Waals surface area contributed by atoms with E-state index < -0.39 is 7.60 Å². The topological polar surface area (TPSA) is 35.5 Å². The molecule has 0 radical (unpaired) electrons. The second kappa shape index (κ2) is 7.52. The summed E-state index contributed by atoms with van der Waals surface area (Å²) in [4.78, 5) is 0. The van der Waals surface area contributed by atoms with Gasteiger partial charge in [0.05, 0.1) is 13.2 Å². The molecular weight excluding hydrogens is 247 g/mol. The van der Waals surface area contributed by atoms with Crippen LogP contribution in [0.5, 0.6) is 0 Å². The van der Waals surface area contributed by atoms with E-state index in [0.717, 1.165) is 17.6 Å². The van der Waals surface area contributed by atoms with E-state index in [1.165, 1.54) is 0 Å². The minimum Gasteiger partial charge on any atom is -0.306 e. The van der Waals surface area contributed by atoms with Gasteiger partial charge in [-0.3, -0.25) is 4.57 Å². The van der Waals surface area contributed by atoms with E-state index in [1.807, 2.05) is 51.1 Å². The highest BCUT2D eigenvalue weighted by Gasteiger charge is 2.21. The number of allylic oxidation sites excluding steroid dienone is 1. The average molecular weight is 268 g/mol. The van der Waals surface area contributed by atoms with Crippen molar-refractivity contribution in [3.8, 4) is 0 Å². The van der Waals surface area contributed by atoms with Crippen LogP contribution in [0, 0.1) is 0 Å². The molecule has 0 saturated carbocycles. The van der Waals surface area contributed by atoms with Crippen LogP contribution in [0.4, 0.5) is 0 Å². The number of rotatable bonds is 7. The Morgan fingerprint density at radius 1 is 1.11 bits per heavy atom. The Kier molecular flexibility index (Phi) is 6.34. The first-order chi connectivity index (χ1) is 8.65. The largest absolute Gasteiger partial charge is 0.354 e. The summed E-state index contributed by atoms with van der Waals surface area (Å²) in [5.74, 6) is 1.65. The Labute approximate surface area is 109 Å². The molecule has 1 aromatic rings. The Balaban J connectivity index is 3.05. The van der Waals surface area contributed by atoms with Crippen molar-refractivity contribution in [1.82, 2.24) is 0 Å². The maximum absolute atomic E-state index is 12.4. The SMILES string of the molecule is CCOP(=O)(C=C(CC)c1ccccc1)OCC. The first kappa shape index (κ1) is 15.2. The van der Waals surface area contributed by atoms with Gasteiger partial charge in [0.15, 0.2) is 0 Å². The molecule has 0 aromatic heterocycles. The first-order valence-corrected chi connectivity index (χ1v) is 7.92. The first-order valence-electron chi connectivity index (χ1n) is 6.31. The highest BCUT2D eigenvalue weighted by molar-refractivity contribution is 7.57. The summed E-state index contributed by atoms with van der Waals surface area (Å²) in [6.07, 6.45) is 0.786. The third-order valence-corrected chi connectivity index (χ3v) is 4.32. The molecule has 18 heavy (non-hydrogen) atoms. The Morgan fingerprint density at radius 3 is 2.11 bits per heavy atom. The molecule has 3 nitrogen and oxygen atoms in total. The van der Waals surface area contributed by atoms with Crippen molar-refractivity contribution in [3.05, 3.63) is 41.7 Å². The summed E-state index contributed by atoms with van der Waals surface area (Å²) in [5.41, 5.74) is 2.04. The van der Waals surface area contributed by atoms with Crippen molar-refractivity contribution in [2.45, 2.75) is 27.2 Å². The molecule has 0 aliphatic carbocycles. The van der Waals surface area contributed by atoms with Crippen molar-refractivity contribution in [1.29, 1.82) is 0 Å². The van der Waals surface area contributed by atoms with Crippen LogP contribution in [-0.4, -0.2) is 13.2 Å². The molecule has 0 bridgehead atoms. The minimum absolute atomic E-state index is 0.375. The number of benzene rings is 1. The van der Waals surface area contributed by atoms with E-state index in [2.05, 4.69) is 0 Å². The van der Waals surface area contributed by atoms with Crippen LogP contribution in [0.3, 0.4) is 0 Å². The summed E-state index contributed by atoms with van der Waals surface area (Å²) >= 11 is 0. The minimum atomic E-state index is -3.12. The molecular formula is C14H21O3P. The predicted molar refractivity (Wildman–Crippen MR) is 75.6 cm³/mol. The van der Waals surface area contributed by atoms with Crippen molar-refractivity contribution < 1.29 is 13.6 Å². The van der Waals surface area contributed by atoms with Crippen LogP contribution >= 0.6 is 7.60 Å². The highest BCUT2D eigenvalue weighted by atomic mass is 31.2. The van der Waals surface area contributed by atoms with Gasteiger partial charge in [-0.05, 0) is 31.4 Å². The van der Waals surface area contributed by atoms with E-state index >= 15 is 0 Å². The van der Waals surface area contributed by atoms with Crippen LogP contribution < -0.4 is 0 Å². The smallest absolute Gasteiger partial charge is 0.306 e. The molecule has 4 heteroatoms. The standard InChI is InChI=1S/C14H21O3P/c1-4-13(14-10-8-7-9-11-14)12-18(15,16-5-2)17-6-3/h7-12H,4-6H2,1-3H3. The van der Waals surface area contributed by atoms with Gasteiger partial charge < -0.3 is 9.05 Å². The van der Waals surface area contributed by atoms with Gasteiger partial charge in [0.25, 0.3) is 0 Å². The molecule has 1 aromatic carbocycles. The fraction of sp³-hybridized carbons (Fsp3) is 0.429. The van der Waals surface area contributed by atoms with Crippen LogP contribution in [0.2, 0.25) is 0 Å². The molecule has 0 aliphatic rings. The van der Waals surface area contributed by atoms with Gasteiger partial charge >= 0.3 is 7.60 Å². The maximum atomic E-state index is 12.4. The van der Waals surface area contributed by atoms with E-state index in [1.54, 1.807) is 5.82 Å². The Morgan fingerprint density at radius 2 is 1.67 bits per heavy atom. The molecule has 0 aliphatic heterocycles. The lowest BCUT2D eigenvalue weighted by Gasteiger charge is -2.15. The van der Waals surface area contributed by atoms with Crippen molar-refractivity contribution in [2.24, 2.45) is 0 Å². The Bertz CT molecular complexity index is 416. The third kappa shape index (κ3) is 4.41. The fourth-order valence-corrected chi connectivity index (χ4v) is 3.34. The van der Waals surface area contributed by atoms with Crippen molar-refractivity contribution in [3.63, 3.8) is 0 Å². The summed E-state index contributed by atoms with van der Waals surface area (Å²) in [6, 6.07) is 9.88.